The van der Waals surface area contributed by atoms with E-state index in [2.05, 4.69) is 27.3 Å². The molecular weight excluding hydrogens is 266 g/mol. The first-order valence-electron chi connectivity index (χ1n) is 7.95. The summed E-state index contributed by atoms with van der Waals surface area (Å²) in [5.41, 5.74) is 0. The molecule has 0 radical (unpaired) electrons. The molecule has 118 valence electrons. The fourth-order valence-corrected chi connectivity index (χ4v) is 3.04. The molecule has 2 heterocycles. The largest absolute Gasteiger partial charge is 0.346 e. The first-order chi connectivity index (χ1) is 10.1. The van der Waals surface area contributed by atoms with Crippen LogP contribution in [0.25, 0.3) is 0 Å². The van der Waals surface area contributed by atoms with Crippen LogP contribution in [-0.4, -0.2) is 45.2 Å². The highest BCUT2D eigenvalue weighted by molar-refractivity contribution is 5.76. The van der Waals surface area contributed by atoms with Gasteiger partial charge in [0.15, 0.2) is 5.82 Å². The monoisotopic (exact) mass is 293 g/mol. The highest BCUT2D eigenvalue weighted by Crippen LogP contribution is 2.21. The van der Waals surface area contributed by atoms with Crippen molar-refractivity contribution in [2.45, 2.75) is 45.6 Å². The van der Waals surface area contributed by atoms with Gasteiger partial charge in [-0.1, -0.05) is 6.92 Å². The van der Waals surface area contributed by atoms with Crippen LogP contribution in [0.5, 0.6) is 0 Å². The van der Waals surface area contributed by atoms with Crippen LogP contribution in [0.15, 0.2) is 6.33 Å². The summed E-state index contributed by atoms with van der Waals surface area (Å²) in [7, 11) is 1.89. The van der Waals surface area contributed by atoms with Crippen LogP contribution in [0.3, 0.4) is 0 Å². The van der Waals surface area contributed by atoms with Gasteiger partial charge in [-0.3, -0.25) is 4.79 Å². The van der Waals surface area contributed by atoms with Gasteiger partial charge in [0, 0.05) is 13.5 Å². The molecule has 0 aromatic carbocycles. The second-order valence-electron chi connectivity index (χ2n) is 6.08. The summed E-state index contributed by atoms with van der Waals surface area (Å²) in [5.74, 6) is 1.44. The molecule has 0 aliphatic carbocycles. The number of piperidine rings is 1. The zero-order valence-corrected chi connectivity index (χ0v) is 13.4. The molecule has 1 fully saturated rings. The number of carbonyl (C=O) groups is 1. The molecule has 1 aromatic heterocycles. The van der Waals surface area contributed by atoms with Crippen LogP contribution < -0.4 is 5.32 Å². The van der Waals surface area contributed by atoms with Crippen molar-refractivity contribution < 1.29 is 4.79 Å². The summed E-state index contributed by atoms with van der Waals surface area (Å²) < 4.78 is 1.84. The molecule has 2 rings (SSSR count). The quantitative estimate of drug-likeness (QED) is 0.863. The predicted molar refractivity (Wildman–Crippen MR) is 81.6 cm³/mol. The maximum absolute atomic E-state index is 12.2. The third kappa shape index (κ3) is 4.52. The van der Waals surface area contributed by atoms with Crippen molar-refractivity contribution in [3.8, 4) is 0 Å². The molecule has 6 nitrogen and oxygen atoms in total. The van der Waals surface area contributed by atoms with E-state index in [1.54, 1.807) is 6.33 Å². The van der Waals surface area contributed by atoms with Crippen LogP contribution in [0.2, 0.25) is 0 Å². The van der Waals surface area contributed by atoms with Crippen molar-refractivity contribution in [3.05, 3.63) is 12.2 Å². The van der Waals surface area contributed by atoms with Crippen LogP contribution in [0.4, 0.5) is 0 Å². The Bertz CT molecular complexity index is 451. The van der Waals surface area contributed by atoms with E-state index in [1.807, 2.05) is 18.5 Å². The smallest absolute Gasteiger partial charge is 0.220 e. The summed E-state index contributed by atoms with van der Waals surface area (Å²) in [6.07, 6.45) is 5.75. The van der Waals surface area contributed by atoms with Gasteiger partial charge in [-0.05, 0) is 51.7 Å². The first-order valence-corrected chi connectivity index (χ1v) is 7.95. The minimum absolute atomic E-state index is 0.0924. The van der Waals surface area contributed by atoms with Crippen molar-refractivity contribution >= 4 is 5.91 Å². The van der Waals surface area contributed by atoms with E-state index >= 15 is 0 Å². The molecule has 1 atom stereocenters. The Morgan fingerprint density at radius 3 is 2.76 bits per heavy atom. The lowest BCUT2D eigenvalue weighted by Crippen LogP contribution is -2.36. The number of aromatic nitrogens is 3. The van der Waals surface area contributed by atoms with Gasteiger partial charge in [0.05, 0.1) is 6.04 Å². The predicted octanol–water partition coefficient (Wildman–Crippen LogP) is 1.50. The normalized spacial score (nSPS) is 18.6. The van der Waals surface area contributed by atoms with Crippen LogP contribution >= 0.6 is 0 Å². The summed E-state index contributed by atoms with van der Waals surface area (Å²) in [5, 5.41) is 10.9. The molecule has 0 bridgehead atoms. The van der Waals surface area contributed by atoms with Gasteiger partial charge in [0.2, 0.25) is 5.91 Å². The highest BCUT2D eigenvalue weighted by atomic mass is 16.1. The van der Waals surface area contributed by atoms with Gasteiger partial charge in [0.25, 0.3) is 0 Å². The number of amides is 1. The summed E-state index contributed by atoms with van der Waals surface area (Å²) in [4.78, 5) is 14.6. The summed E-state index contributed by atoms with van der Waals surface area (Å²) in [6.45, 7) is 7.61. The van der Waals surface area contributed by atoms with Gasteiger partial charge < -0.3 is 14.8 Å². The van der Waals surface area contributed by atoms with E-state index in [0.717, 1.165) is 31.8 Å². The number of aryl methyl sites for hydroxylation is 1. The molecule has 6 heteroatoms. The van der Waals surface area contributed by atoms with Crippen molar-refractivity contribution in [1.29, 1.82) is 0 Å². The van der Waals surface area contributed by atoms with Gasteiger partial charge in [-0.2, -0.15) is 0 Å². The third-order valence-corrected chi connectivity index (χ3v) is 4.23. The lowest BCUT2D eigenvalue weighted by atomic mass is 9.93. The standard InChI is InChI=1S/C15H27N5O/c1-4-7-20-8-5-13(6-9-20)10-14(21)17-12(2)15-18-16-11-19(15)3/h11-13H,4-10H2,1-3H3,(H,17,21). The molecular formula is C15H27N5O. The molecule has 0 spiro atoms. The fraction of sp³-hybridized carbons (Fsp3) is 0.800. The van der Waals surface area contributed by atoms with Crippen molar-refractivity contribution in [3.63, 3.8) is 0 Å². The first kappa shape index (κ1) is 15.9. The number of rotatable bonds is 6. The Morgan fingerprint density at radius 1 is 1.48 bits per heavy atom. The van der Waals surface area contributed by atoms with Gasteiger partial charge >= 0.3 is 0 Å². The summed E-state index contributed by atoms with van der Waals surface area (Å²) >= 11 is 0. The molecule has 1 unspecified atom stereocenters. The SMILES string of the molecule is CCCN1CCC(CC(=O)NC(C)c2nncn2C)CC1. The Balaban J connectivity index is 1.74. The lowest BCUT2D eigenvalue weighted by molar-refractivity contribution is -0.123. The maximum Gasteiger partial charge on any atom is 0.220 e. The second kappa shape index (κ2) is 7.54. The zero-order chi connectivity index (χ0) is 15.2. The maximum atomic E-state index is 12.2. The number of nitrogens with one attached hydrogen (secondary N) is 1. The Kier molecular flexibility index (Phi) is 5.73. The van der Waals surface area contributed by atoms with E-state index in [9.17, 15) is 4.79 Å². The lowest BCUT2D eigenvalue weighted by Gasteiger charge is -2.31. The third-order valence-electron chi connectivity index (χ3n) is 4.23. The number of carbonyl (C=O) groups excluding carboxylic acids is 1. The molecule has 1 aliphatic heterocycles. The minimum Gasteiger partial charge on any atom is -0.346 e. The van der Waals surface area contributed by atoms with E-state index < -0.39 is 0 Å². The van der Waals surface area contributed by atoms with Crippen LogP contribution in [-0.2, 0) is 11.8 Å². The van der Waals surface area contributed by atoms with Crippen LogP contribution in [0.1, 0.15) is 51.4 Å². The highest BCUT2D eigenvalue weighted by Gasteiger charge is 2.22. The van der Waals surface area contributed by atoms with Gasteiger partial charge in [0.1, 0.15) is 6.33 Å². The molecule has 1 aliphatic rings. The Hall–Kier alpha value is -1.43. The molecule has 0 saturated carbocycles. The topological polar surface area (TPSA) is 63.1 Å². The number of hydrogen-bond acceptors (Lipinski definition) is 4. The Morgan fingerprint density at radius 2 is 2.19 bits per heavy atom. The number of hydrogen-bond donors (Lipinski definition) is 1. The molecule has 1 N–H and O–H groups in total. The number of likely N-dealkylation sites (tertiary alicyclic amines) is 1. The summed E-state index contributed by atoms with van der Waals surface area (Å²) in [6, 6.07) is -0.0924. The van der Waals surface area contributed by atoms with Crippen molar-refractivity contribution in [2.75, 3.05) is 19.6 Å². The van der Waals surface area contributed by atoms with E-state index in [-0.39, 0.29) is 11.9 Å². The number of nitrogens with zero attached hydrogens (tertiary/aromatic N) is 4. The van der Waals surface area contributed by atoms with E-state index in [1.165, 1.54) is 13.0 Å². The molecule has 21 heavy (non-hydrogen) atoms. The minimum atomic E-state index is -0.0924. The van der Waals surface area contributed by atoms with E-state index in [0.29, 0.717) is 12.3 Å². The van der Waals surface area contributed by atoms with Gasteiger partial charge in [-0.15, -0.1) is 10.2 Å². The van der Waals surface area contributed by atoms with Crippen LogP contribution in [0, 0.1) is 5.92 Å². The average molecular weight is 293 g/mol. The average Bonchev–Trinajstić information content (AvgIpc) is 2.87. The van der Waals surface area contributed by atoms with E-state index in [4.69, 9.17) is 0 Å². The second-order valence-corrected chi connectivity index (χ2v) is 6.08. The zero-order valence-electron chi connectivity index (χ0n) is 13.4. The van der Waals surface area contributed by atoms with Crippen molar-refractivity contribution in [2.24, 2.45) is 13.0 Å². The molecule has 1 saturated heterocycles. The van der Waals surface area contributed by atoms with Crippen molar-refractivity contribution in [1.82, 2.24) is 25.0 Å². The Labute approximate surface area is 126 Å². The fourth-order valence-electron chi connectivity index (χ4n) is 3.04. The molecule has 1 amide bonds. The van der Waals surface area contributed by atoms with Gasteiger partial charge in [-0.25, -0.2) is 0 Å². The molecule has 1 aromatic rings.